The van der Waals surface area contributed by atoms with E-state index in [9.17, 15) is 13.2 Å². The molecule has 0 bridgehead atoms. The molecule has 0 amide bonds. The van der Waals surface area contributed by atoms with Crippen molar-refractivity contribution >= 4 is 0 Å². The molecular formula is C24H27F3O3. The number of halogens is 3. The fourth-order valence-corrected chi connectivity index (χ4v) is 3.48. The van der Waals surface area contributed by atoms with Crippen molar-refractivity contribution in [2.45, 2.75) is 44.8 Å². The first-order valence-electron chi connectivity index (χ1n) is 10.3. The molecule has 2 atom stereocenters. The van der Waals surface area contributed by atoms with E-state index in [2.05, 4.69) is 13.5 Å². The molecule has 0 aliphatic carbocycles. The van der Waals surface area contributed by atoms with E-state index in [1.54, 1.807) is 0 Å². The van der Waals surface area contributed by atoms with Crippen LogP contribution >= 0.6 is 0 Å². The molecule has 0 radical (unpaired) electrons. The van der Waals surface area contributed by atoms with Gasteiger partial charge < -0.3 is 14.2 Å². The van der Waals surface area contributed by atoms with Crippen molar-refractivity contribution in [3.8, 4) is 16.9 Å². The van der Waals surface area contributed by atoms with Gasteiger partial charge in [-0.1, -0.05) is 38.1 Å². The van der Waals surface area contributed by atoms with Crippen LogP contribution in [0.4, 0.5) is 13.2 Å². The highest BCUT2D eigenvalue weighted by atomic mass is 19.2. The van der Waals surface area contributed by atoms with Gasteiger partial charge in [0.2, 0.25) is 0 Å². The van der Waals surface area contributed by atoms with E-state index in [1.165, 1.54) is 30.3 Å². The maximum atomic E-state index is 14.8. The first-order chi connectivity index (χ1) is 14.5. The van der Waals surface area contributed by atoms with Gasteiger partial charge in [0.25, 0.3) is 0 Å². The molecule has 0 N–H and O–H groups in total. The molecule has 2 aromatic carbocycles. The van der Waals surface area contributed by atoms with Crippen molar-refractivity contribution in [3.63, 3.8) is 0 Å². The zero-order valence-corrected chi connectivity index (χ0v) is 17.1. The van der Waals surface area contributed by atoms with Gasteiger partial charge in [-0.05, 0) is 31.4 Å². The van der Waals surface area contributed by atoms with Gasteiger partial charge in [0, 0.05) is 29.4 Å². The van der Waals surface area contributed by atoms with E-state index < -0.39 is 23.6 Å². The van der Waals surface area contributed by atoms with Crippen LogP contribution in [0.15, 0.2) is 43.0 Å². The lowest BCUT2D eigenvalue weighted by Crippen LogP contribution is -2.28. The minimum atomic E-state index is -1.09. The summed E-state index contributed by atoms with van der Waals surface area (Å²) in [4.78, 5) is 0. The molecule has 30 heavy (non-hydrogen) atoms. The molecule has 162 valence electrons. The molecule has 2 aromatic rings. The van der Waals surface area contributed by atoms with E-state index in [1.807, 2.05) is 0 Å². The van der Waals surface area contributed by atoms with Crippen molar-refractivity contribution in [1.29, 1.82) is 0 Å². The van der Waals surface area contributed by atoms with Crippen LogP contribution in [-0.2, 0) is 9.47 Å². The van der Waals surface area contributed by atoms with Crippen molar-refractivity contribution in [2.75, 3.05) is 19.8 Å². The van der Waals surface area contributed by atoms with Crippen molar-refractivity contribution < 1.29 is 27.4 Å². The van der Waals surface area contributed by atoms with Gasteiger partial charge in [0.15, 0.2) is 11.6 Å². The lowest BCUT2D eigenvalue weighted by Gasteiger charge is -2.29. The maximum absolute atomic E-state index is 14.8. The summed E-state index contributed by atoms with van der Waals surface area (Å²) in [5.74, 6) is -2.49. The van der Waals surface area contributed by atoms with Crippen LogP contribution in [0.3, 0.4) is 0 Å². The smallest absolute Gasteiger partial charge is 0.167 e. The molecule has 1 aliphatic heterocycles. The monoisotopic (exact) mass is 420 g/mol. The molecule has 1 saturated heterocycles. The first kappa shape index (κ1) is 22.4. The molecule has 3 nitrogen and oxygen atoms in total. The Kier molecular flexibility index (Phi) is 7.94. The van der Waals surface area contributed by atoms with Gasteiger partial charge in [-0.15, -0.1) is 0 Å². The molecule has 0 spiro atoms. The van der Waals surface area contributed by atoms with Crippen molar-refractivity contribution in [3.05, 3.63) is 66.0 Å². The Morgan fingerprint density at radius 3 is 2.57 bits per heavy atom. The van der Waals surface area contributed by atoms with Crippen LogP contribution < -0.4 is 4.74 Å². The summed E-state index contributed by atoms with van der Waals surface area (Å²) in [6, 6.07) is 6.89. The van der Waals surface area contributed by atoms with E-state index in [0.29, 0.717) is 25.4 Å². The predicted octanol–water partition coefficient (Wildman–Crippen LogP) is 6.37. The van der Waals surface area contributed by atoms with Crippen molar-refractivity contribution in [1.82, 2.24) is 0 Å². The first-order valence-corrected chi connectivity index (χ1v) is 10.3. The number of hydrogen-bond donors (Lipinski definition) is 0. The lowest BCUT2D eigenvalue weighted by molar-refractivity contribution is -0.0881. The maximum Gasteiger partial charge on any atom is 0.167 e. The average molecular weight is 420 g/mol. The zero-order valence-electron chi connectivity index (χ0n) is 17.1. The van der Waals surface area contributed by atoms with E-state index >= 15 is 0 Å². The summed E-state index contributed by atoms with van der Waals surface area (Å²) >= 11 is 0. The third kappa shape index (κ3) is 5.24. The van der Waals surface area contributed by atoms with Crippen LogP contribution in [0.1, 0.15) is 44.3 Å². The Labute approximate surface area is 175 Å². The number of ether oxygens (including phenoxy) is 3. The number of benzene rings is 2. The summed E-state index contributed by atoms with van der Waals surface area (Å²) in [5, 5.41) is 0. The zero-order chi connectivity index (χ0) is 21.5. The lowest BCUT2D eigenvalue weighted by atomic mass is 9.96. The predicted molar refractivity (Wildman–Crippen MR) is 110 cm³/mol. The minimum absolute atomic E-state index is 0.0177. The quantitative estimate of drug-likeness (QED) is 0.348. The van der Waals surface area contributed by atoms with Crippen LogP contribution in [0.2, 0.25) is 0 Å². The molecule has 3 rings (SSSR count). The third-order valence-corrected chi connectivity index (χ3v) is 5.14. The van der Waals surface area contributed by atoms with Gasteiger partial charge in [0.1, 0.15) is 18.2 Å². The Morgan fingerprint density at radius 2 is 1.90 bits per heavy atom. The Balaban J connectivity index is 1.73. The highest BCUT2D eigenvalue weighted by Crippen LogP contribution is 2.36. The van der Waals surface area contributed by atoms with Gasteiger partial charge in [-0.25, -0.2) is 13.2 Å². The van der Waals surface area contributed by atoms with E-state index in [0.717, 1.165) is 25.3 Å². The molecule has 1 aliphatic rings. The van der Waals surface area contributed by atoms with E-state index in [4.69, 9.17) is 14.2 Å². The third-order valence-electron chi connectivity index (χ3n) is 5.14. The van der Waals surface area contributed by atoms with Crippen LogP contribution in [0.25, 0.3) is 11.1 Å². The SMILES string of the molecule is C=CCOc1ccc(-c2ccc(C3CCC(OCCCC)CO3)c(F)c2F)c(F)c1. The molecular weight excluding hydrogens is 393 g/mol. The minimum Gasteiger partial charge on any atom is -0.489 e. The Bertz CT molecular complexity index is 861. The van der Waals surface area contributed by atoms with Gasteiger partial charge >= 0.3 is 0 Å². The van der Waals surface area contributed by atoms with Crippen LogP contribution in [-0.4, -0.2) is 25.9 Å². The number of unbranched alkanes of at least 4 members (excludes halogenated alkanes) is 1. The fraction of sp³-hybridized carbons (Fsp3) is 0.417. The summed E-state index contributed by atoms with van der Waals surface area (Å²) in [5.41, 5.74) is -0.0203. The highest BCUT2D eigenvalue weighted by Gasteiger charge is 2.28. The van der Waals surface area contributed by atoms with Crippen molar-refractivity contribution in [2.24, 2.45) is 0 Å². The molecule has 6 heteroatoms. The largest absolute Gasteiger partial charge is 0.489 e. The van der Waals surface area contributed by atoms with Gasteiger partial charge in [-0.3, -0.25) is 0 Å². The Hall–Kier alpha value is -2.31. The second kappa shape index (κ2) is 10.6. The summed E-state index contributed by atoms with van der Waals surface area (Å²) in [6.07, 6.45) is 4.27. The summed E-state index contributed by atoms with van der Waals surface area (Å²) in [6.45, 7) is 6.86. The summed E-state index contributed by atoms with van der Waals surface area (Å²) in [7, 11) is 0. The van der Waals surface area contributed by atoms with E-state index in [-0.39, 0.29) is 29.4 Å². The molecule has 1 fully saturated rings. The molecule has 0 saturated carbocycles. The summed E-state index contributed by atoms with van der Waals surface area (Å²) < 4.78 is 60.8. The number of rotatable bonds is 9. The molecule has 1 heterocycles. The van der Waals surface area contributed by atoms with Gasteiger partial charge in [-0.2, -0.15) is 0 Å². The molecule has 0 aromatic heterocycles. The normalized spacial score (nSPS) is 18.9. The number of hydrogen-bond acceptors (Lipinski definition) is 3. The van der Waals surface area contributed by atoms with Gasteiger partial charge in [0.05, 0.1) is 18.8 Å². The highest BCUT2D eigenvalue weighted by molar-refractivity contribution is 5.66. The van der Waals surface area contributed by atoms with Crippen LogP contribution in [0, 0.1) is 17.5 Å². The topological polar surface area (TPSA) is 27.7 Å². The van der Waals surface area contributed by atoms with Crippen LogP contribution in [0.5, 0.6) is 5.75 Å². The second-order valence-electron chi connectivity index (χ2n) is 7.32. The standard InChI is InChI=1S/C24H27F3O3/c1-3-5-13-29-17-7-11-22(30-15-17)20-10-9-19(23(26)24(20)27)18-8-6-16(14-21(18)25)28-12-4-2/h4,6,8-10,14,17,22H,2-3,5,7,11-13,15H2,1H3. The molecule has 2 unspecified atom stereocenters. The fourth-order valence-electron chi connectivity index (χ4n) is 3.48. The Morgan fingerprint density at radius 1 is 1.10 bits per heavy atom. The second-order valence-corrected chi connectivity index (χ2v) is 7.32. The average Bonchev–Trinajstić information content (AvgIpc) is 2.75.